The Kier molecular flexibility index (Phi) is 4.07. The van der Waals surface area contributed by atoms with Gasteiger partial charge in [0, 0.05) is 38.7 Å². The molecule has 122 valence electrons. The number of carbonyl (C=O) groups excluding carboxylic acids is 2. The van der Waals surface area contributed by atoms with Gasteiger partial charge < -0.3 is 14.9 Å². The minimum atomic E-state index is -0.974. The Morgan fingerprint density at radius 2 is 2.09 bits per heavy atom. The summed E-state index contributed by atoms with van der Waals surface area (Å²) >= 11 is 0. The van der Waals surface area contributed by atoms with Crippen molar-refractivity contribution in [2.45, 2.75) is 19.8 Å². The fourth-order valence-corrected chi connectivity index (χ4v) is 3.42. The van der Waals surface area contributed by atoms with E-state index in [1.807, 2.05) is 9.80 Å². The standard InChI is InChI=1S/C17H20N2O4/c1-11(20)18-6-4-12(9-18)10-19-7-5-13-8-14(17(22)23)2-3-15(13)16(19)21/h2-3,8,12H,4-7,9-10H2,1H3,(H,22,23). The molecule has 1 saturated heterocycles. The van der Waals surface area contributed by atoms with Crippen molar-refractivity contribution in [2.24, 2.45) is 5.92 Å². The Hall–Kier alpha value is -2.37. The molecular formula is C17H20N2O4. The van der Waals surface area contributed by atoms with Crippen LogP contribution >= 0.6 is 0 Å². The number of carboxylic acid groups (broad SMARTS) is 1. The van der Waals surface area contributed by atoms with Gasteiger partial charge in [0.15, 0.2) is 0 Å². The van der Waals surface area contributed by atoms with Gasteiger partial charge in [0.25, 0.3) is 5.91 Å². The van der Waals surface area contributed by atoms with Gasteiger partial charge in [-0.05, 0) is 42.5 Å². The maximum absolute atomic E-state index is 12.6. The number of nitrogens with zero attached hydrogens (tertiary/aromatic N) is 2. The number of hydrogen-bond donors (Lipinski definition) is 1. The summed E-state index contributed by atoms with van der Waals surface area (Å²) in [5, 5.41) is 9.04. The number of carbonyl (C=O) groups is 3. The molecule has 1 aromatic rings. The van der Waals surface area contributed by atoms with Crippen molar-refractivity contribution < 1.29 is 19.5 Å². The van der Waals surface area contributed by atoms with Crippen LogP contribution in [0.25, 0.3) is 0 Å². The number of benzene rings is 1. The molecule has 23 heavy (non-hydrogen) atoms. The minimum Gasteiger partial charge on any atom is -0.478 e. The van der Waals surface area contributed by atoms with Crippen LogP contribution in [0.5, 0.6) is 0 Å². The predicted molar refractivity (Wildman–Crippen MR) is 83.4 cm³/mol. The summed E-state index contributed by atoms with van der Waals surface area (Å²) in [5.74, 6) is -0.603. The Balaban J connectivity index is 1.69. The van der Waals surface area contributed by atoms with Gasteiger partial charge in [-0.25, -0.2) is 4.79 Å². The fourth-order valence-electron chi connectivity index (χ4n) is 3.42. The summed E-state index contributed by atoms with van der Waals surface area (Å²) in [6.45, 7) is 4.31. The van der Waals surface area contributed by atoms with Crippen molar-refractivity contribution in [1.82, 2.24) is 9.80 Å². The normalized spacial score (nSPS) is 20.6. The SMILES string of the molecule is CC(=O)N1CCC(CN2CCc3cc(C(=O)O)ccc3C2=O)C1. The fraction of sp³-hybridized carbons (Fsp3) is 0.471. The van der Waals surface area contributed by atoms with Crippen LogP contribution in [0, 0.1) is 5.92 Å². The Morgan fingerprint density at radius 3 is 2.74 bits per heavy atom. The smallest absolute Gasteiger partial charge is 0.335 e. The number of aromatic carboxylic acids is 1. The van der Waals surface area contributed by atoms with Crippen LogP contribution in [0.2, 0.25) is 0 Å². The number of amides is 2. The van der Waals surface area contributed by atoms with E-state index >= 15 is 0 Å². The monoisotopic (exact) mass is 316 g/mol. The molecule has 1 unspecified atom stereocenters. The Bertz CT molecular complexity index is 671. The molecule has 1 aromatic carbocycles. The molecular weight excluding hydrogens is 296 g/mol. The highest BCUT2D eigenvalue weighted by molar-refractivity contribution is 5.98. The molecule has 6 nitrogen and oxygen atoms in total. The van der Waals surface area contributed by atoms with Crippen LogP contribution < -0.4 is 0 Å². The quantitative estimate of drug-likeness (QED) is 0.910. The number of rotatable bonds is 3. The average molecular weight is 316 g/mol. The van der Waals surface area contributed by atoms with Crippen LogP contribution in [0.15, 0.2) is 18.2 Å². The lowest BCUT2D eigenvalue weighted by Gasteiger charge is -2.30. The van der Waals surface area contributed by atoms with E-state index in [-0.39, 0.29) is 17.4 Å². The molecule has 2 amide bonds. The lowest BCUT2D eigenvalue weighted by atomic mass is 9.95. The van der Waals surface area contributed by atoms with E-state index in [1.165, 1.54) is 6.07 Å². The van der Waals surface area contributed by atoms with E-state index in [1.54, 1.807) is 19.1 Å². The molecule has 0 spiro atoms. The molecule has 1 N–H and O–H groups in total. The summed E-state index contributed by atoms with van der Waals surface area (Å²) in [7, 11) is 0. The van der Waals surface area contributed by atoms with Crippen molar-refractivity contribution in [3.63, 3.8) is 0 Å². The number of carboxylic acids is 1. The zero-order valence-electron chi connectivity index (χ0n) is 13.1. The zero-order chi connectivity index (χ0) is 16.6. The van der Waals surface area contributed by atoms with Gasteiger partial charge in [-0.2, -0.15) is 0 Å². The van der Waals surface area contributed by atoms with E-state index in [4.69, 9.17) is 5.11 Å². The highest BCUT2D eigenvalue weighted by Crippen LogP contribution is 2.24. The van der Waals surface area contributed by atoms with Gasteiger partial charge in [0.1, 0.15) is 0 Å². The van der Waals surface area contributed by atoms with Gasteiger partial charge in [-0.15, -0.1) is 0 Å². The molecule has 2 aliphatic heterocycles. The molecule has 0 aliphatic carbocycles. The first-order valence-corrected chi connectivity index (χ1v) is 7.86. The first kappa shape index (κ1) is 15.5. The molecule has 0 aromatic heterocycles. The Morgan fingerprint density at radius 1 is 1.30 bits per heavy atom. The predicted octanol–water partition coefficient (Wildman–Crippen LogP) is 1.25. The lowest BCUT2D eigenvalue weighted by Crippen LogP contribution is -2.41. The molecule has 0 saturated carbocycles. The third-order valence-corrected chi connectivity index (χ3v) is 4.73. The van der Waals surface area contributed by atoms with Crippen LogP contribution in [0.4, 0.5) is 0 Å². The van der Waals surface area contributed by atoms with Gasteiger partial charge >= 0.3 is 5.97 Å². The number of hydrogen-bond acceptors (Lipinski definition) is 3. The van der Waals surface area contributed by atoms with E-state index in [0.717, 1.165) is 18.5 Å². The van der Waals surface area contributed by atoms with E-state index in [2.05, 4.69) is 0 Å². The van der Waals surface area contributed by atoms with E-state index in [9.17, 15) is 14.4 Å². The van der Waals surface area contributed by atoms with Gasteiger partial charge in [-0.1, -0.05) is 0 Å². The maximum atomic E-state index is 12.6. The highest BCUT2D eigenvalue weighted by atomic mass is 16.4. The second-order valence-corrected chi connectivity index (χ2v) is 6.30. The van der Waals surface area contributed by atoms with E-state index in [0.29, 0.717) is 37.5 Å². The molecule has 2 heterocycles. The van der Waals surface area contributed by atoms with Crippen LogP contribution in [0.3, 0.4) is 0 Å². The van der Waals surface area contributed by atoms with Crippen LogP contribution in [0.1, 0.15) is 39.6 Å². The minimum absolute atomic E-state index is 0.0375. The molecule has 0 bridgehead atoms. The van der Waals surface area contributed by atoms with Crippen molar-refractivity contribution in [2.75, 3.05) is 26.2 Å². The highest BCUT2D eigenvalue weighted by Gasteiger charge is 2.30. The van der Waals surface area contributed by atoms with E-state index < -0.39 is 5.97 Å². The molecule has 6 heteroatoms. The summed E-state index contributed by atoms with van der Waals surface area (Å²) in [6, 6.07) is 4.69. The van der Waals surface area contributed by atoms with Gasteiger partial charge in [-0.3, -0.25) is 9.59 Å². The van der Waals surface area contributed by atoms with Crippen LogP contribution in [-0.2, 0) is 11.2 Å². The first-order chi connectivity index (χ1) is 11.0. The zero-order valence-corrected chi connectivity index (χ0v) is 13.1. The second-order valence-electron chi connectivity index (χ2n) is 6.30. The third kappa shape index (κ3) is 3.06. The molecule has 3 rings (SSSR count). The van der Waals surface area contributed by atoms with Crippen LogP contribution in [-0.4, -0.2) is 58.9 Å². The van der Waals surface area contributed by atoms with Gasteiger partial charge in [0.2, 0.25) is 5.91 Å². The van der Waals surface area contributed by atoms with Crippen molar-refractivity contribution in [3.8, 4) is 0 Å². The van der Waals surface area contributed by atoms with Gasteiger partial charge in [0.05, 0.1) is 5.56 Å². The molecule has 0 radical (unpaired) electrons. The number of likely N-dealkylation sites (tertiary alicyclic amines) is 1. The topological polar surface area (TPSA) is 77.9 Å². The second kappa shape index (κ2) is 6.02. The third-order valence-electron chi connectivity index (χ3n) is 4.73. The number of fused-ring (bicyclic) bond motifs is 1. The lowest BCUT2D eigenvalue weighted by molar-refractivity contribution is -0.127. The van der Waals surface area contributed by atoms with Crippen molar-refractivity contribution in [1.29, 1.82) is 0 Å². The molecule has 2 aliphatic rings. The Labute approximate surface area is 134 Å². The summed E-state index contributed by atoms with van der Waals surface area (Å²) in [6.07, 6.45) is 1.60. The summed E-state index contributed by atoms with van der Waals surface area (Å²) in [4.78, 5) is 38.7. The molecule has 1 atom stereocenters. The summed E-state index contributed by atoms with van der Waals surface area (Å²) < 4.78 is 0. The van der Waals surface area contributed by atoms with Crippen molar-refractivity contribution >= 4 is 17.8 Å². The first-order valence-electron chi connectivity index (χ1n) is 7.86. The summed E-state index contributed by atoms with van der Waals surface area (Å²) in [5.41, 5.74) is 1.63. The van der Waals surface area contributed by atoms with Crippen molar-refractivity contribution in [3.05, 3.63) is 34.9 Å². The molecule has 1 fully saturated rings. The maximum Gasteiger partial charge on any atom is 0.335 e. The average Bonchev–Trinajstić information content (AvgIpc) is 2.98. The largest absolute Gasteiger partial charge is 0.478 e.